The van der Waals surface area contributed by atoms with Gasteiger partial charge in [-0.15, -0.1) is 5.10 Å². The average molecular weight is 201 g/mol. The van der Waals surface area contributed by atoms with Crippen LogP contribution >= 0.6 is 11.8 Å². The average Bonchev–Trinajstić information content (AvgIpc) is 2.54. The molecule has 0 unspecified atom stereocenters. The van der Waals surface area contributed by atoms with E-state index in [0.29, 0.717) is 6.42 Å². The highest BCUT2D eigenvalue weighted by atomic mass is 32.2. The molecule has 0 aromatic carbocycles. The lowest BCUT2D eigenvalue weighted by atomic mass is 10.3. The Morgan fingerprint density at radius 1 is 1.62 bits per heavy atom. The summed E-state index contributed by atoms with van der Waals surface area (Å²) < 4.78 is 1.83. The number of nitrogens with zero attached hydrogens (tertiary/aromatic N) is 3. The van der Waals surface area contributed by atoms with Crippen LogP contribution in [0.3, 0.4) is 0 Å². The number of aliphatic hydroxyl groups excluding tert-OH is 1. The summed E-state index contributed by atoms with van der Waals surface area (Å²) in [5, 5.41) is 16.5. The van der Waals surface area contributed by atoms with Crippen LogP contribution < -0.4 is 0 Å². The van der Waals surface area contributed by atoms with Crippen molar-refractivity contribution in [2.75, 3.05) is 18.1 Å². The summed E-state index contributed by atoms with van der Waals surface area (Å²) in [6.45, 7) is 3.18. The summed E-state index contributed by atoms with van der Waals surface area (Å²) in [6.07, 6.45) is 2.49. The monoisotopic (exact) mass is 201 g/mol. The van der Waals surface area contributed by atoms with Gasteiger partial charge in [-0.3, -0.25) is 4.68 Å². The molecule has 74 valence electrons. The molecule has 5 heteroatoms. The third kappa shape index (κ3) is 3.78. The molecule has 0 aliphatic heterocycles. The largest absolute Gasteiger partial charge is 0.396 e. The van der Waals surface area contributed by atoms with Gasteiger partial charge >= 0.3 is 0 Å². The van der Waals surface area contributed by atoms with Crippen molar-refractivity contribution in [2.45, 2.75) is 19.9 Å². The van der Waals surface area contributed by atoms with Crippen LogP contribution in [-0.4, -0.2) is 38.2 Å². The maximum absolute atomic E-state index is 8.66. The zero-order chi connectivity index (χ0) is 9.52. The van der Waals surface area contributed by atoms with E-state index >= 15 is 0 Å². The highest BCUT2D eigenvalue weighted by Gasteiger charge is 1.98. The molecule has 0 fully saturated rings. The molecule has 0 saturated heterocycles. The minimum absolute atomic E-state index is 0.141. The quantitative estimate of drug-likeness (QED) is 0.683. The van der Waals surface area contributed by atoms with Crippen LogP contribution in [0.25, 0.3) is 0 Å². The van der Waals surface area contributed by atoms with Gasteiger partial charge in [0, 0.05) is 25.0 Å². The van der Waals surface area contributed by atoms with E-state index in [4.69, 9.17) is 5.11 Å². The molecular formula is C8H15N3OS. The first-order chi connectivity index (χ1) is 6.36. The van der Waals surface area contributed by atoms with Crippen molar-refractivity contribution < 1.29 is 5.11 Å². The lowest BCUT2D eigenvalue weighted by Gasteiger charge is -1.97. The van der Waals surface area contributed by atoms with Gasteiger partial charge in [-0.25, -0.2) is 0 Å². The van der Waals surface area contributed by atoms with Crippen LogP contribution in [0.4, 0.5) is 0 Å². The van der Waals surface area contributed by atoms with Gasteiger partial charge in [0.2, 0.25) is 0 Å². The number of hydrogen-bond acceptors (Lipinski definition) is 4. The molecule has 1 rings (SSSR count). The Kier molecular flexibility index (Phi) is 4.85. The number of thioether (sulfide) groups is 1. The molecule has 0 saturated carbocycles. The normalized spacial score (nSPS) is 10.6. The second-order valence-electron chi connectivity index (χ2n) is 2.64. The second kappa shape index (κ2) is 5.99. The Hall–Kier alpha value is -0.550. The topological polar surface area (TPSA) is 50.9 Å². The van der Waals surface area contributed by atoms with Gasteiger partial charge in [-0.05, 0) is 5.75 Å². The molecule has 0 aliphatic carbocycles. The van der Waals surface area contributed by atoms with E-state index in [1.807, 2.05) is 22.6 Å². The standard InChI is InChI=1S/C8H15N3OS/c1-2-13-6-4-11-7-8(3-5-12)9-10-11/h7,12H,2-6H2,1H3. The van der Waals surface area contributed by atoms with E-state index in [2.05, 4.69) is 17.2 Å². The van der Waals surface area contributed by atoms with E-state index in [-0.39, 0.29) is 6.61 Å². The van der Waals surface area contributed by atoms with Crippen LogP contribution in [0.2, 0.25) is 0 Å². The molecule has 0 atom stereocenters. The lowest BCUT2D eigenvalue weighted by molar-refractivity contribution is 0.298. The third-order valence-corrected chi connectivity index (χ3v) is 2.50. The van der Waals surface area contributed by atoms with Crippen LogP contribution in [-0.2, 0) is 13.0 Å². The summed E-state index contributed by atoms with van der Waals surface area (Å²) in [4.78, 5) is 0. The fraction of sp³-hybridized carbons (Fsp3) is 0.750. The summed E-state index contributed by atoms with van der Waals surface area (Å²) in [6, 6.07) is 0. The minimum Gasteiger partial charge on any atom is -0.396 e. The molecule has 0 bridgehead atoms. The van der Waals surface area contributed by atoms with Crippen LogP contribution in [0, 0.1) is 0 Å². The van der Waals surface area contributed by atoms with E-state index in [9.17, 15) is 0 Å². The van der Waals surface area contributed by atoms with Crippen molar-refractivity contribution in [1.82, 2.24) is 15.0 Å². The summed E-state index contributed by atoms with van der Waals surface area (Å²) >= 11 is 1.89. The molecule has 1 aromatic rings. The Balaban J connectivity index is 2.31. The minimum atomic E-state index is 0.141. The summed E-state index contributed by atoms with van der Waals surface area (Å²) in [5.41, 5.74) is 0.865. The van der Waals surface area contributed by atoms with Gasteiger partial charge in [0.1, 0.15) is 0 Å². The molecule has 4 nitrogen and oxygen atoms in total. The van der Waals surface area contributed by atoms with Gasteiger partial charge < -0.3 is 5.11 Å². The fourth-order valence-corrected chi connectivity index (χ4v) is 1.58. The van der Waals surface area contributed by atoms with Gasteiger partial charge in [0.15, 0.2) is 0 Å². The molecule has 1 heterocycles. The molecule has 0 amide bonds. The zero-order valence-electron chi connectivity index (χ0n) is 7.81. The maximum atomic E-state index is 8.66. The number of aromatic nitrogens is 3. The first kappa shape index (κ1) is 10.5. The molecule has 0 aliphatic rings. The first-order valence-electron chi connectivity index (χ1n) is 4.44. The molecule has 1 aromatic heterocycles. The van der Waals surface area contributed by atoms with Gasteiger partial charge in [0.25, 0.3) is 0 Å². The Morgan fingerprint density at radius 3 is 3.15 bits per heavy atom. The van der Waals surface area contributed by atoms with Crippen molar-refractivity contribution in [3.63, 3.8) is 0 Å². The van der Waals surface area contributed by atoms with Gasteiger partial charge in [-0.2, -0.15) is 11.8 Å². The fourth-order valence-electron chi connectivity index (χ4n) is 0.979. The molecular weight excluding hydrogens is 186 g/mol. The number of aryl methyl sites for hydroxylation is 1. The Morgan fingerprint density at radius 2 is 2.46 bits per heavy atom. The van der Waals surface area contributed by atoms with E-state index in [1.165, 1.54) is 0 Å². The molecule has 1 N–H and O–H groups in total. The van der Waals surface area contributed by atoms with Gasteiger partial charge in [-0.1, -0.05) is 12.1 Å². The maximum Gasteiger partial charge on any atom is 0.0849 e. The van der Waals surface area contributed by atoms with Crippen molar-refractivity contribution in [3.05, 3.63) is 11.9 Å². The SMILES string of the molecule is CCSCCn1cc(CCO)nn1. The summed E-state index contributed by atoms with van der Waals surface area (Å²) in [5.74, 6) is 2.20. The Labute approximate surface area is 82.3 Å². The second-order valence-corrected chi connectivity index (χ2v) is 4.04. The van der Waals surface area contributed by atoms with Crippen molar-refractivity contribution >= 4 is 11.8 Å². The Bertz CT molecular complexity index is 239. The smallest absolute Gasteiger partial charge is 0.0849 e. The van der Waals surface area contributed by atoms with Crippen molar-refractivity contribution in [1.29, 1.82) is 0 Å². The number of rotatable bonds is 6. The van der Waals surface area contributed by atoms with Gasteiger partial charge in [0.05, 0.1) is 12.2 Å². The van der Waals surface area contributed by atoms with Crippen LogP contribution in [0.15, 0.2) is 6.20 Å². The number of aliphatic hydroxyl groups is 1. The van der Waals surface area contributed by atoms with Crippen LogP contribution in [0.1, 0.15) is 12.6 Å². The summed E-state index contributed by atoms with van der Waals surface area (Å²) in [7, 11) is 0. The van der Waals surface area contributed by atoms with Crippen molar-refractivity contribution in [3.8, 4) is 0 Å². The van der Waals surface area contributed by atoms with Crippen molar-refractivity contribution in [2.24, 2.45) is 0 Å². The number of hydrogen-bond donors (Lipinski definition) is 1. The zero-order valence-corrected chi connectivity index (χ0v) is 8.63. The third-order valence-electron chi connectivity index (χ3n) is 1.62. The molecule has 13 heavy (non-hydrogen) atoms. The molecule has 0 radical (unpaired) electrons. The predicted octanol–water partition coefficient (Wildman–Crippen LogP) is 0.566. The molecule has 0 spiro atoms. The predicted molar refractivity (Wildman–Crippen MR) is 53.8 cm³/mol. The highest BCUT2D eigenvalue weighted by Crippen LogP contribution is 2.00. The van der Waals surface area contributed by atoms with Crippen LogP contribution in [0.5, 0.6) is 0 Å². The van der Waals surface area contributed by atoms with E-state index in [0.717, 1.165) is 23.7 Å². The first-order valence-corrected chi connectivity index (χ1v) is 5.60. The van der Waals surface area contributed by atoms with E-state index in [1.54, 1.807) is 0 Å². The lowest BCUT2D eigenvalue weighted by Crippen LogP contribution is -2.01. The van der Waals surface area contributed by atoms with E-state index < -0.39 is 0 Å². The highest BCUT2D eigenvalue weighted by molar-refractivity contribution is 7.99.